The lowest BCUT2D eigenvalue weighted by Gasteiger charge is -2.14. The van der Waals surface area contributed by atoms with Crippen LogP contribution in [-0.4, -0.2) is 12.5 Å². The van der Waals surface area contributed by atoms with E-state index in [2.05, 4.69) is 28.8 Å². The van der Waals surface area contributed by atoms with Crippen molar-refractivity contribution in [2.75, 3.05) is 17.6 Å². The van der Waals surface area contributed by atoms with E-state index in [1.54, 1.807) is 18.2 Å². The molecular formula is C17H21N3O. The van der Waals surface area contributed by atoms with E-state index in [4.69, 9.17) is 5.73 Å². The minimum atomic E-state index is -0.0958. The summed E-state index contributed by atoms with van der Waals surface area (Å²) in [5.41, 5.74) is 11.3. The molecule has 21 heavy (non-hydrogen) atoms. The highest BCUT2D eigenvalue weighted by Gasteiger charge is 2.08. The number of nitrogens with one attached hydrogen (secondary N) is 2. The van der Waals surface area contributed by atoms with Gasteiger partial charge in [0.1, 0.15) is 0 Å². The molecule has 0 aliphatic heterocycles. The van der Waals surface area contributed by atoms with E-state index < -0.39 is 0 Å². The number of amides is 1. The van der Waals surface area contributed by atoms with E-state index in [0.717, 1.165) is 16.9 Å². The van der Waals surface area contributed by atoms with E-state index in [1.807, 2.05) is 20.8 Å². The molecular weight excluding hydrogens is 262 g/mol. The highest BCUT2D eigenvalue weighted by atomic mass is 16.1. The third-order valence-electron chi connectivity index (χ3n) is 3.32. The largest absolute Gasteiger partial charge is 0.397 e. The first-order valence-electron chi connectivity index (χ1n) is 7.03. The van der Waals surface area contributed by atoms with E-state index in [0.29, 0.717) is 17.8 Å². The van der Waals surface area contributed by atoms with Gasteiger partial charge in [0, 0.05) is 17.8 Å². The number of carbonyl (C=O) groups excluding carboxylic acids is 1. The highest BCUT2D eigenvalue weighted by molar-refractivity contribution is 5.96. The van der Waals surface area contributed by atoms with Crippen molar-refractivity contribution in [1.29, 1.82) is 0 Å². The van der Waals surface area contributed by atoms with Crippen molar-refractivity contribution in [3.8, 4) is 0 Å². The van der Waals surface area contributed by atoms with Crippen molar-refractivity contribution < 1.29 is 4.79 Å². The Bertz CT molecular complexity index is 665. The van der Waals surface area contributed by atoms with Gasteiger partial charge in [0.15, 0.2) is 0 Å². The van der Waals surface area contributed by atoms with E-state index >= 15 is 0 Å². The summed E-state index contributed by atoms with van der Waals surface area (Å²) in [6.45, 7) is 6.57. The first-order valence-corrected chi connectivity index (χ1v) is 7.03. The van der Waals surface area contributed by atoms with Gasteiger partial charge in [-0.15, -0.1) is 0 Å². The fourth-order valence-corrected chi connectivity index (χ4v) is 2.08. The predicted molar refractivity (Wildman–Crippen MR) is 88.1 cm³/mol. The smallest absolute Gasteiger partial charge is 0.251 e. The van der Waals surface area contributed by atoms with Crippen LogP contribution >= 0.6 is 0 Å². The molecule has 0 aromatic heterocycles. The molecule has 0 spiro atoms. The summed E-state index contributed by atoms with van der Waals surface area (Å²) < 4.78 is 0. The Kier molecular flexibility index (Phi) is 4.48. The van der Waals surface area contributed by atoms with Crippen LogP contribution in [-0.2, 0) is 0 Å². The zero-order valence-electron chi connectivity index (χ0n) is 12.7. The van der Waals surface area contributed by atoms with Crippen molar-refractivity contribution in [3.63, 3.8) is 0 Å². The summed E-state index contributed by atoms with van der Waals surface area (Å²) in [4.78, 5) is 11.9. The van der Waals surface area contributed by atoms with E-state index in [1.165, 1.54) is 5.56 Å². The number of nitrogen functional groups attached to an aromatic ring is 1. The number of hydrogen-bond donors (Lipinski definition) is 3. The number of hydrogen-bond acceptors (Lipinski definition) is 3. The van der Waals surface area contributed by atoms with Crippen LogP contribution in [0.1, 0.15) is 28.4 Å². The van der Waals surface area contributed by atoms with Gasteiger partial charge in [-0.3, -0.25) is 4.79 Å². The van der Waals surface area contributed by atoms with Gasteiger partial charge in [0.25, 0.3) is 5.91 Å². The third-order valence-corrected chi connectivity index (χ3v) is 3.32. The molecule has 0 heterocycles. The van der Waals surface area contributed by atoms with Crippen molar-refractivity contribution in [2.24, 2.45) is 0 Å². The summed E-state index contributed by atoms with van der Waals surface area (Å²) in [5.74, 6) is -0.0958. The number of nitrogens with two attached hydrogens (primary N) is 1. The lowest BCUT2D eigenvalue weighted by atomic mass is 10.1. The van der Waals surface area contributed by atoms with Crippen LogP contribution in [0.25, 0.3) is 0 Å². The van der Waals surface area contributed by atoms with Gasteiger partial charge >= 0.3 is 0 Å². The Morgan fingerprint density at radius 2 is 1.86 bits per heavy atom. The Labute approximate surface area is 125 Å². The summed E-state index contributed by atoms with van der Waals surface area (Å²) in [5, 5.41) is 6.10. The lowest BCUT2D eigenvalue weighted by molar-refractivity contribution is 0.0956. The Balaban J connectivity index is 2.33. The topological polar surface area (TPSA) is 67.2 Å². The molecule has 1 amide bonds. The SMILES string of the molecule is CCNC(=O)c1ccc(N)c(Nc2cc(C)ccc2C)c1. The zero-order valence-corrected chi connectivity index (χ0v) is 12.7. The lowest BCUT2D eigenvalue weighted by Crippen LogP contribution is -2.22. The maximum Gasteiger partial charge on any atom is 0.251 e. The molecule has 2 aromatic carbocycles. The number of aryl methyl sites for hydroxylation is 2. The van der Waals surface area contributed by atoms with Gasteiger partial charge in [-0.25, -0.2) is 0 Å². The molecule has 2 rings (SSSR count). The summed E-state index contributed by atoms with van der Waals surface area (Å²) >= 11 is 0. The second-order valence-electron chi connectivity index (χ2n) is 5.10. The number of benzene rings is 2. The summed E-state index contributed by atoms with van der Waals surface area (Å²) in [6.07, 6.45) is 0. The standard InChI is InChI=1S/C17H21N3O/c1-4-19-17(21)13-7-8-14(18)16(10-13)20-15-9-11(2)5-6-12(15)3/h5-10,20H,4,18H2,1-3H3,(H,19,21). The molecule has 4 heteroatoms. The molecule has 0 aliphatic rings. The Morgan fingerprint density at radius 3 is 2.57 bits per heavy atom. The number of rotatable bonds is 4. The van der Waals surface area contributed by atoms with Crippen LogP contribution in [0.5, 0.6) is 0 Å². The molecule has 0 unspecified atom stereocenters. The first-order chi connectivity index (χ1) is 10.0. The van der Waals surface area contributed by atoms with Crippen LogP contribution in [0.3, 0.4) is 0 Å². The number of carbonyl (C=O) groups is 1. The van der Waals surface area contributed by atoms with Crippen LogP contribution in [0.15, 0.2) is 36.4 Å². The van der Waals surface area contributed by atoms with Crippen LogP contribution in [0.2, 0.25) is 0 Å². The molecule has 2 aromatic rings. The van der Waals surface area contributed by atoms with Gasteiger partial charge < -0.3 is 16.4 Å². The van der Waals surface area contributed by atoms with Gasteiger partial charge in [-0.05, 0) is 56.2 Å². The van der Waals surface area contributed by atoms with Crippen LogP contribution < -0.4 is 16.4 Å². The Morgan fingerprint density at radius 1 is 1.10 bits per heavy atom. The monoisotopic (exact) mass is 283 g/mol. The molecule has 0 aliphatic carbocycles. The van der Waals surface area contributed by atoms with E-state index in [-0.39, 0.29) is 5.91 Å². The van der Waals surface area contributed by atoms with Gasteiger partial charge in [0.2, 0.25) is 0 Å². The fraction of sp³-hybridized carbons (Fsp3) is 0.235. The number of anilines is 3. The van der Waals surface area contributed by atoms with Crippen molar-refractivity contribution in [2.45, 2.75) is 20.8 Å². The molecule has 110 valence electrons. The van der Waals surface area contributed by atoms with Gasteiger partial charge in [0.05, 0.1) is 11.4 Å². The zero-order chi connectivity index (χ0) is 15.4. The van der Waals surface area contributed by atoms with Crippen LogP contribution in [0, 0.1) is 13.8 Å². The average Bonchev–Trinajstić information content (AvgIpc) is 2.45. The second kappa shape index (κ2) is 6.31. The molecule has 0 radical (unpaired) electrons. The molecule has 0 bridgehead atoms. The first kappa shape index (κ1) is 14.9. The van der Waals surface area contributed by atoms with Crippen LogP contribution in [0.4, 0.5) is 17.1 Å². The maximum atomic E-state index is 11.9. The minimum Gasteiger partial charge on any atom is -0.397 e. The quantitative estimate of drug-likeness (QED) is 0.754. The molecule has 4 N–H and O–H groups in total. The molecule has 0 saturated carbocycles. The second-order valence-corrected chi connectivity index (χ2v) is 5.10. The Hall–Kier alpha value is -2.49. The normalized spacial score (nSPS) is 10.2. The highest BCUT2D eigenvalue weighted by Crippen LogP contribution is 2.27. The predicted octanol–water partition coefficient (Wildman–Crippen LogP) is 3.38. The summed E-state index contributed by atoms with van der Waals surface area (Å²) in [7, 11) is 0. The molecule has 4 nitrogen and oxygen atoms in total. The van der Waals surface area contributed by atoms with Gasteiger partial charge in [-0.1, -0.05) is 12.1 Å². The molecule has 0 saturated heterocycles. The third kappa shape index (κ3) is 3.54. The van der Waals surface area contributed by atoms with Crippen molar-refractivity contribution >= 4 is 23.0 Å². The summed E-state index contributed by atoms with van der Waals surface area (Å²) in [6, 6.07) is 11.4. The average molecular weight is 283 g/mol. The minimum absolute atomic E-state index is 0.0958. The van der Waals surface area contributed by atoms with Gasteiger partial charge in [-0.2, -0.15) is 0 Å². The maximum absolute atomic E-state index is 11.9. The van der Waals surface area contributed by atoms with Crippen molar-refractivity contribution in [3.05, 3.63) is 53.1 Å². The van der Waals surface area contributed by atoms with Crippen molar-refractivity contribution in [1.82, 2.24) is 5.32 Å². The molecule has 0 fully saturated rings. The fourth-order valence-electron chi connectivity index (χ4n) is 2.08. The van der Waals surface area contributed by atoms with E-state index in [9.17, 15) is 4.79 Å². The molecule has 0 atom stereocenters.